The fraction of sp³-hybridized carbons (Fsp3) is 0.188. The second kappa shape index (κ2) is 5.05. The van der Waals surface area contributed by atoms with E-state index in [4.69, 9.17) is 4.74 Å². The van der Waals surface area contributed by atoms with Crippen LogP contribution in [0.4, 0.5) is 24.5 Å². The Balaban J connectivity index is 2.10. The normalized spacial score (nSPS) is 14.2. The van der Waals surface area contributed by atoms with Crippen LogP contribution in [0.25, 0.3) is 0 Å². The van der Waals surface area contributed by atoms with E-state index in [9.17, 15) is 18.0 Å². The molecular weight excluding hydrogens is 295 g/mol. The molecule has 3 nitrogen and oxygen atoms in total. The molecule has 0 saturated carbocycles. The Kier molecular flexibility index (Phi) is 3.31. The number of benzene rings is 2. The molecule has 0 fully saturated rings. The molecule has 0 aromatic heterocycles. The van der Waals surface area contributed by atoms with Gasteiger partial charge in [0.1, 0.15) is 5.75 Å². The molecule has 0 radical (unpaired) electrons. The number of ether oxygens (including phenoxy) is 1. The van der Waals surface area contributed by atoms with Crippen molar-refractivity contribution in [3.05, 3.63) is 53.6 Å². The van der Waals surface area contributed by atoms with Crippen molar-refractivity contribution in [2.24, 2.45) is 0 Å². The van der Waals surface area contributed by atoms with Crippen LogP contribution in [0.3, 0.4) is 0 Å². The predicted octanol–water partition coefficient (Wildman–Crippen LogP) is 3.93. The van der Waals surface area contributed by atoms with E-state index in [0.29, 0.717) is 17.0 Å². The Bertz CT molecular complexity index is 740. The number of hydrogen-bond acceptors (Lipinski definition) is 2. The van der Waals surface area contributed by atoms with Gasteiger partial charge >= 0.3 is 6.18 Å². The van der Waals surface area contributed by atoms with E-state index >= 15 is 0 Å². The number of hydrogen-bond donors (Lipinski definition) is 0. The number of carbonyl (C=O) groups is 1. The fourth-order valence-corrected chi connectivity index (χ4v) is 2.51. The number of fused-ring (bicyclic) bond motifs is 1. The smallest absolute Gasteiger partial charge is 0.416 e. The molecule has 0 bridgehead atoms. The van der Waals surface area contributed by atoms with Crippen LogP contribution >= 0.6 is 0 Å². The predicted molar refractivity (Wildman–Crippen MR) is 75.3 cm³/mol. The summed E-state index contributed by atoms with van der Waals surface area (Å²) in [5.41, 5.74) is 0.574. The van der Waals surface area contributed by atoms with Crippen molar-refractivity contribution >= 4 is 17.3 Å². The summed E-state index contributed by atoms with van der Waals surface area (Å²) >= 11 is 0. The van der Waals surface area contributed by atoms with Gasteiger partial charge < -0.3 is 4.74 Å². The molecule has 2 aromatic carbocycles. The van der Waals surface area contributed by atoms with E-state index in [1.165, 1.54) is 18.1 Å². The Labute approximate surface area is 124 Å². The summed E-state index contributed by atoms with van der Waals surface area (Å²) in [5.74, 6) is 0.272. The maximum Gasteiger partial charge on any atom is 0.416 e. The molecule has 0 spiro atoms. The van der Waals surface area contributed by atoms with E-state index < -0.39 is 11.7 Å². The monoisotopic (exact) mass is 307 g/mol. The standard InChI is InChI=1S/C16H12F3NO2/c1-22-13-4-2-3-12(9-13)20-14-8-11(16(17,18)19)6-5-10(14)7-15(20)21/h2-6,8-9H,7H2,1H3. The summed E-state index contributed by atoms with van der Waals surface area (Å²) < 4.78 is 43.7. The van der Waals surface area contributed by atoms with Crippen molar-refractivity contribution in [2.75, 3.05) is 12.0 Å². The highest BCUT2D eigenvalue weighted by molar-refractivity contribution is 6.07. The molecule has 114 valence electrons. The van der Waals surface area contributed by atoms with Crippen LogP contribution in [0.5, 0.6) is 5.75 Å². The zero-order valence-corrected chi connectivity index (χ0v) is 11.6. The molecule has 2 aromatic rings. The van der Waals surface area contributed by atoms with Crippen LogP contribution in [-0.2, 0) is 17.4 Å². The first-order valence-corrected chi connectivity index (χ1v) is 6.57. The fourth-order valence-electron chi connectivity index (χ4n) is 2.51. The molecule has 1 aliphatic heterocycles. The van der Waals surface area contributed by atoms with Gasteiger partial charge in [0.15, 0.2) is 0 Å². The first-order valence-electron chi connectivity index (χ1n) is 6.57. The van der Waals surface area contributed by atoms with E-state index in [-0.39, 0.29) is 18.0 Å². The molecular formula is C16H12F3NO2. The number of rotatable bonds is 2. The third kappa shape index (κ3) is 2.41. The van der Waals surface area contributed by atoms with E-state index in [2.05, 4.69) is 0 Å². The summed E-state index contributed by atoms with van der Waals surface area (Å²) in [4.78, 5) is 13.5. The van der Waals surface area contributed by atoms with E-state index in [1.54, 1.807) is 24.3 Å². The highest BCUT2D eigenvalue weighted by atomic mass is 19.4. The lowest BCUT2D eigenvalue weighted by atomic mass is 10.1. The van der Waals surface area contributed by atoms with Gasteiger partial charge in [-0.3, -0.25) is 9.69 Å². The van der Waals surface area contributed by atoms with Crippen LogP contribution < -0.4 is 9.64 Å². The Hall–Kier alpha value is -2.50. The van der Waals surface area contributed by atoms with Gasteiger partial charge in [-0.15, -0.1) is 0 Å². The minimum atomic E-state index is -4.44. The minimum absolute atomic E-state index is 0.0880. The van der Waals surface area contributed by atoms with Gasteiger partial charge in [-0.1, -0.05) is 12.1 Å². The lowest BCUT2D eigenvalue weighted by molar-refractivity contribution is -0.137. The molecule has 1 amide bonds. The summed E-state index contributed by atoms with van der Waals surface area (Å²) in [6.07, 6.45) is -4.36. The second-order valence-corrected chi connectivity index (χ2v) is 4.95. The highest BCUT2D eigenvalue weighted by Gasteiger charge is 2.35. The van der Waals surface area contributed by atoms with Gasteiger partial charge in [0.05, 0.1) is 30.5 Å². The van der Waals surface area contributed by atoms with Gasteiger partial charge in [0.25, 0.3) is 0 Å². The van der Waals surface area contributed by atoms with Crippen molar-refractivity contribution in [1.82, 2.24) is 0 Å². The maximum atomic E-state index is 12.9. The van der Waals surface area contributed by atoms with E-state index in [0.717, 1.165) is 12.1 Å². The summed E-state index contributed by atoms with van der Waals surface area (Å²) in [7, 11) is 1.49. The number of nitrogens with zero attached hydrogens (tertiary/aromatic N) is 1. The molecule has 0 saturated heterocycles. The van der Waals surface area contributed by atoms with E-state index in [1.807, 2.05) is 0 Å². The van der Waals surface area contributed by atoms with Crippen molar-refractivity contribution in [2.45, 2.75) is 12.6 Å². The molecule has 1 aliphatic rings. The topological polar surface area (TPSA) is 29.5 Å². The molecule has 0 atom stereocenters. The quantitative estimate of drug-likeness (QED) is 0.841. The number of halogens is 3. The third-order valence-electron chi connectivity index (χ3n) is 3.56. The number of anilines is 2. The van der Waals surface area contributed by atoms with Crippen LogP contribution in [0.15, 0.2) is 42.5 Å². The van der Waals surface area contributed by atoms with Gasteiger partial charge in [-0.25, -0.2) is 0 Å². The first-order chi connectivity index (χ1) is 10.4. The molecule has 6 heteroatoms. The average molecular weight is 307 g/mol. The maximum absolute atomic E-state index is 12.9. The molecule has 0 unspecified atom stereocenters. The number of carbonyl (C=O) groups excluding carboxylic acids is 1. The molecule has 1 heterocycles. The Morgan fingerprint density at radius 3 is 2.59 bits per heavy atom. The summed E-state index contributed by atoms with van der Waals surface area (Å²) in [6, 6.07) is 10.0. The molecule has 0 N–H and O–H groups in total. The lowest BCUT2D eigenvalue weighted by Crippen LogP contribution is -2.21. The highest BCUT2D eigenvalue weighted by Crippen LogP contribution is 2.40. The van der Waals surface area contributed by atoms with Crippen molar-refractivity contribution < 1.29 is 22.7 Å². The summed E-state index contributed by atoms with van der Waals surface area (Å²) in [6.45, 7) is 0. The van der Waals surface area contributed by atoms with Gasteiger partial charge in [-0.2, -0.15) is 13.2 Å². The largest absolute Gasteiger partial charge is 0.497 e. The van der Waals surface area contributed by atoms with Crippen molar-refractivity contribution in [3.8, 4) is 5.75 Å². The molecule has 0 aliphatic carbocycles. The Morgan fingerprint density at radius 2 is 1.91 bits per heavy atom. The second-order valence-electron chi connectivity index (χ2n) is 4.95. The number of amides is 1. The zero-order chi connectivity index (χ0) is 15.9. The van der Waals surface area contributed by atoms with Crippen molar-refractivity contribution in [3.63, 3.8) is 0 Å². The lowest BCUT2D eigenvalue weighted by Gasteiger charge is -2.19. The first kappa shape index (κ1) is 14.4. The van der Waals surface area contributed by atoms with Crippen LogP contribution in [0.1, 0.15) is 11.1 Å². The Morgan fingerprint density at radius 1 is 1.14 bits per heavy atom. The summed E-state index contributed by atoms with van der Waals surface area (Å²) in [5, 5.41) is 0. The van der Waals surface area contributed by atoms with Crippen LogP contribution in [-0.4, -0.2) is 13.0 Å². The molecule has 3 rings (SSSR count). The number of alkyl halides is 3. The van der Waals surface area contributed by atoms with Gasteiger partial charge in [0.2, 0.25) is 5.91 Å². The van der Waals surface area contributed by atoms with Crippen molar-refractivity contribution in [1.29, 1.82) is 0 Å². The van der Waals surface area contributed by atoms with Crippen LogP contribution in [0, 0.1) is 0 Å². The van der Waals surface area contributed by atoms with Gasteiger partial charge in [-0.05, 0) is 29.8 Å². The molecule has 22 heavy (non-hydrogen) atoms. The minimum Gasteiger partial charge on any atom is -0.497 e. The number of methoxy groups -OCH3 is 1. The van der Waals surface area contributed by atoms with Crippen LogP contribution in [0.2, 0.25) is 0 Å². The van der Waals surface area contributed by atoms with Gasteiger partial charge in [0, 0.05) is 6.07 Å². The SMILES string of the molecule is COc1cccc(N2C(=O)Cc3ccc(C(F)(F)F)cc32)c1. The average Bonchev–Trinajstić information content (AvgIpc) is 2.81. The zero-order valence-electron chi connectivity index (χ0n) is 11.6. The third-order valence-corrected chi connectivity index (χ3v) is 3.56.